The van der Waals surface area contributed by atoms with Crippen LogP contribution in [0.3, 0.4) is 0 Å². The Hall–Kier alpha value is -1.58. The Balaban J connectivity index is 2.03. The van der Waals surface area contributed by atoms with Gasteiger partial charge in [-0.25, -0.2) is 9.18 Å². The molecule has 4 heteroatoms. The van der Waals surface area contributed by atoms with Crippen LogP contribution in [-0.4, -0.2) is 24.0 Å². The molecule has 2 rings (SSSR count). The zero-order valence-electron chi connectivity index (χ0n) is 10.7. The Bertz CT molecular complexity index is 426. The highest BCUT2D eigenvalue weighted by molar-refractivity contribution is 5.89. The van der Waals surface area contributed by atoms with Gasteiger partial charge in [-0.1, -0.05) is 18.9 Å². The molecule has 0 unspecified atom stereocenters. The maximum Gasteiger partial charge on any atom is 0.321 e. The fourth-order valence-electron chi connectivity index (χ4n) is 2.20. The molecule has 0 spiro atoms. The highest BCUT2D eigenvalue weighted by Crippen LogP contribution is 2.17. The first-order chi connectivity index (χ1) is 8.66. The van der Waals surface area contributed by atoms with E-state index >= 15 is 0 Å². The fraction of sp³-hybridized carbons (Fsp3) is 0.500. The minimum atomic E-state index is -0.385. The zero-order chi connectivity index (χ0) is 13.0. The molecule has 0 aliphatic carbocycles. The molecule has 0 bridgehead atoms. The van der Waals surface area contributed by atoms with Crippen LogP contribution in [0.1, 0.15) is 31.2 Å². The average Bonchev–Trinajstić information content (AvgIpc) is 2.62. The van der Waals surface area contributed by atoms with E-state index in [1.165, 1.54) is 18.9 Å². The number of benzene rings is 1. The van der Waals surface area contributed by atoms with E-state index in [1.54, 1.807) is 17.0 Å². The summed E-state index contributed by atoms with van der Waals surface area (Å²) in [5.41, 5.74) is 1.20. The fourth-order valence-corrected chi connectivity index (χ4v) is 2.20. The second-order valence-electron chi connectivity index (χ2n) is 4.81. The van der Waals surface area contributed by atoms with E-state index in [0.29, 0.717) is 0 Å². The number of anilines is 1. The maximum atomic E-state index is 13.5. The van der Waals surface area contributed by atoms with E-state index in [4.69, 9.17) is 0 Å². The van der Waals surface area contributed by atoms with Gasteiger partial charge in [0.1, 0.15) is 5.82 Å². The first kappa shape index (κ1) is 12.9. The minimum absolute atomic E-state index is 0.193. The van der Waals surface area contributed by atoms with E-state index < -0.39 is 0 Å². The summed E-state index contributed by atoms with van der Waals surface area (Å²) < 4.78 is 13.5. The van der Waals surface area contributed by atoms with Gasteiger partial charge in [0, 0.05) is 13.1 Å². The van der Waals surface area contributed by atoms with Crippen LogP contribution in [0, 0.1) is 12.7 Å². The van der Waals surface area contributed by atoms with Crippen LogP contribution in [0.5, 0.6) is 0 Å². The van der Waals surface area contributed by atoms with E-state index in [-0.39, 0.29) is 17.5 Å². The van der Waals surface area contributed by atoms with Gasteiger partial charge < -0.3 is 10.2 Å². The molecule has 1 fully saturated rings. The Morgan fingerprint density at radius 1 is 1.22 bits per heavy atom. The molecule has 1 aliphatic heterocycles. The summed E-state index contributed by atoms with van der Waals surface area (Å²) in [4.78, 5) is 13.8. The number of halogens is 1. The number of likely N-dealkylation sites (tertiary alicyclic amines) is 1. The lowest BCUT2D eigenvalue weighted by molar-refractivity contribution is 0.213. The Kier molecular flexibility index (Phi) is 4.18. The van der Waals surface area contributed by atoms with Crippen LogP contribution in [0.4, 0.5) is 14.9 Å². The number of nitrogens with one attached hydrogen (secondary N) is 1. The van der Waals surface area contributed by atoms with Crippen LogP contribution in [0.25, 0.3) is 0 Å². The van der Waals surface area contributed by atoms with Crippen molar-refractivity contribution in [2.24, 2.45) is 0 Å². The van der Waals surface area contributed by atoms with Gasteiger partial charge in [0.15, 0.2) is 0 Å². The molecule has 1 saturated heterocycles. The minimum Gasteiger partial charge on any atom is -0.325 e. The third-order valence-corrected chi connectivity index (χ3v) is 3.26. The summed E-state index contributed by atoms with van der Waals surface area (Å²) in [5, 5.41) is 2.66. The van der Waals surface area contributed by atoms with E-state index in [0.717, 1.165) is 31.5 Å². The molecule has 1 aromatic carbocycles. The maximum absolute atomic E-state index is 13.5. The number of hydrogen-bond acceptors (Lipinski definition) is 1. The highest BCUT2D eigenvalue weighted by Gasteiger charge is 2.16. The first-order valence-corrected chi connectivity index (χ1v) is 6.49. The van der Waals surface area contributed by atoms with E-state index in [9.17, 15) is 9.18 Å². The number of urea groups is 1. The van der Waals surface area contributed by atoms with Crippen LogP contribution >= 0.6 is 0 Å². The molecule has 0 aromatic heterocycles. The van der Waals surface area contributed by atoms with Crippen molar-refractivity contribution in [3.63, 3.8) is 0 Å². The van der Waals surface area contributed by atoms with Gasteiger partial charge in [0.25, 0.3) is 0 Å². The van der Waals surface area contributed by atoms with Gasteiger partial charge in [-0.15, -0.1) is 0 Å². The van der Waals surface area contributed by atoms with E-state index in [1.807, 2.05) is 6.92 Å². The topological polar surface area (TPSA) is 32.3 Å². The molecular weight excluding hydrogens is 231 g/mol. The number of aryl methyl sites for hydroxylation is 1. The van der Waals surface area contributed by atoms with Crippen molar-refractivity contribution in [2.45, 2.75) is 32.6 Å². The Morgan fingerprint density at radius 3 is 2.56 bits per heavy atom. The van der Waals surface area contributed by atoms with Gasteiger partial charge in [0.2, 0.25) is 0 Å². The van der Waals surface area contributed by atoms with Crippen LogP contribution in [0.2, 0.25) is 0 Å². The number of carbonyl (C=O) groups is 1. The normalized spacial score (nSPS) is 16.2. The number of rotatable bonds is 1. The standard InChI is InChI=1S/C14H19FN2O/c1-11-6-7-12(15)13(10-11)16-14(18)17-8-4-2-3-5-9-17/h6-7,10H,2-5,8-9H2,1H3,(H,16,18). The largest absolute Gasteiger partial charge is 0.325 e. The number of hydrogen-bond donors (Lipinski definition) is 1. The second kappa shape index (κ2) is 5.85. The van der Waals surface area contributed by atoms with Crippen molar-refractivity contribution in [2.75, 3.05) is 18.4 Å². The van der Waals surface area contributed by atoms with Gasteiger partial charge >= 0.3 is 6.03 Å². The number of amides is 2. The summed E-state index contributed by atoms with van der Waals surface area (Å²) in [5.74, 6) is -0.385. The molecular formula is C14H19FN2O. The van der Waals surface area contributed by atoms with Crippen molar-refractivity contribution >= 4 is 11.7 Å². The molecule has 1 aliphatic rings. The van der Waals surface area contributed by atoms with Crippen molar-refractivity contribution in [1.82, 2.24) is 4.90 Å². The molecule has 18 heavy (non-hydrogen) atoms. The zero-order valence-corrected chi connectivity index (χ0v) is 10.7. The molecule has 1 N–H and O–H groups in total. The third-order valence-electron chi connectivity index (χ3n) is 3.26. The summed E-state index contributed by atoms with van der Waals surface area (Å²) in [6, 6.07) is 4.54. The molecule has 3 nitrogen and oxygen atoms in total. The lowest BCUT2D eigenvalue weighted by atomic mass is 10.2. The molecule has 1 aromatic rings. The lowest BCUT2D eigenvalue weighted by Crippen LogP contribution is -2.35. The van der Waals surface area contributed by atoms with Crippen molar-refractivity contribution < 1.29 is 9.18 Å². The van der Waals surface area contributed by atoms with Crippen molar-refractivity contribution in [3.05, 3.63) is 29.6 Å². The Labute approximate surface area is 107 Å². The molecule has 2 amide bonds. The monoisotopic (exact) mass is 250 g/mol. The molecule has 98 valence electrons. The number of nitrogens with zero attached hydrogens (tertiary/aromatic N) is 1. The molecule has 0 saturated carbocycles. The van der Waals surface area contributed by atoms with E-state index in [2.05, 4.69) is 5.32 Å². The van der Waals surface area contributed by atoms with Crippen LogP contribution in [-0.2, 0) is 0 Å². The lowest BCUT2D eigenvalue weighted by Gasteiger charge is -2.21. The van der Waals surface area contributed by atoms with Gasteiger partial charge in [-0.3, -0.25) is 0 Å². The summed E-state index contributed by atoms with van der Waals surface area (Å²) in [7, 11) is 0. The average molecular weight is 250 g/mol. The predicted octanol–water partition coefficient (Wildman–Crippen LogP) is 3.54. The smallest absolute Gasteiger partial charge is 0.321 e. The molecule has 0 atom stereocenters. The van der Waals surface area contributed by atoms with Crippen molar-refractivity contribution in [1.29, 1.82) is 0 Å². The first-order valence-electron chi connectivity index (χ1n) is 6.49. The summed E-state index contributed by atoms with van der Waals surface area (Å²) in [6.07, 6.45) is 4.40. The summed E-state index contributed by atoms with van der Waals surface area (Å²) in [6.45, 7) is 3.40. The van der Waals surface area contributed by atoms with Gasteiger partial charge in [-0.2, -0.15) is 0 Å². The molecule has 0 radical (unpaired) electrons. The SMILES string of the molecule is Cc1ccc(F)c(NC(=O)N2CCCCCC2)c1. The van der Waals surface area contributed by atoms with Crippen LogP contribution in [0.15, 0.2) is 18.2 Å². The van der Waals surface area contributed by atoms with Crippen LogP contribution < -0.4 is 5.32 Å². The second-order valence-corrected chi connectivity index (χ2v) is 4.81. The molecule has 1 heterocycles. The van der Waals surface area contributed by atoms with Gasteiger partial charge in [0.05, 0.1) is 5.69 Å². The Morgan fingerprint density at radius 2 is 1.89 bits per heavy atom. The third kappa shape index (κ3) is 3.22. The predicted molar refractivity (Wildman–Crippen MR) is 70.2 cm³/mol. The quantitative estimate of drug-likeness (QED) is 0.812. The highest BCUT2D eigenvalue weighted by atomic mass is 19.1. The number of carbonyl (C=O) groups excluding carboxylic acids is 1. The van der Waals surface area contributed by atoms with Gasteiger partial charge in [-0.05, 0) is 37.5 Å². The summed E-state index contributed by atoms with van der Waals surface area (Å²) >= 11 is 0. The van der Waals surface area contributed by atoms with Crippen molar-refractivity contribution in [3.8, 4) is 0 Å².